The second-order valence-electron chi connectivity index (χ2n) is 6.50. The molecule has 2 aromatic rings. The van der Waals surface area contributed by atoms with Gasteiger partial charge < -0.3 is 4.90 Å². The second kappa shape index (κ2) is 8.63. The van der Waals surface area contributed by atoms with Gasteiger partial charge >= 0.3 is 6.18 Å². The number of benzene rings is 1. The molecule has 0 bridgehead atoms. The quantitative estimate of drug-likeness (QED) is 0.671. The van der Waals surface area contributed by atoms with Gasteiger partial charge in [-0.25, -0.2) is 8.42 Å². The molecule has 0 unspecified atom stereocenters. The SMILES string of the molecule is O=C(CCc1cccs1)N1CCN(S(=O)(=O)c2ccc(Cl)c(C(F)(F)F)c2)CC1. The van der Waals surface area contributed by atoms with Gasteiger partial charge in [0.2, 0.25) is 15.9 Å². The zero-order valence-electron chi connectivity index (χ0n) is 15.2. The zero-order chi connectivity index (χ0) is 21.2. The summed E-state index contributed by atoms with van der Waals surface area (Å²) in [6.45, 7) is 0.443. The van der Waals surface area contributed by atoms with Crippen molar-refractivity contribution in [3.63, 3.8) is 0 Å². The molecule has 29 heavy (non-hydrogen) atoms. The van der Waals surface area contributed by atoms with Gasteiger partial charge in [-0.1, -0.05) is 17.7 Å². The van der Waals surface area contributed by atoms with E-state index < -0.39 is 31.7 Å². The maximum absolute atomic E-state index is 13.0. The van der Waals surface area contributed by atoms with Crippen molar-refractivity contribution in [2.24, 2.45) is 0 Å². The normalized spacial score (nSPS) is 16.2. The smallest absolute Gasteiger partial charge is 0.340 e. The highest BCUT2D eigenvalue weighted by Crippen LogP contribution is 2.36. The first-order valence-electron chi connectivity index (χ1n) is 8.76. The molecule has 5 nitrogen and oxygen atoms in total. The third kappa shape index (κ3) is 5.11. The molecular formula is C18H18ClF3N2O3S2. The van der Waals surface area contributed by atoms with Gasteiger partial charge in [0.25, 0.3) is 0 Å². The molecule has 1 saturated heterocycles. The summed E-state index contributed by atoms with van der Waals surface area (Å²) < 4.78 is 65.7. The Morgan fingerprint density at radius 3 is 2.41 bits per heavy atom. The average molecular weight is 467 g/mol. The lowest BCUT2D eigenvalue weighted by Crippen LogP contribution is -2.50. The van der Waals surface area contributed by atoms with Crippen LogP contribution in [0.5, 0.6) is 0 Å². The monoisotopic (exact) mass is 466 g/mol. The van der Waals surface area contributed by atoms with E-state index in [1.54, 1.807) is 16.2 Å². The summed E-state index contributed by atoms with van der Waals surface area (Å²) in [6, 6.07) is 6.40. The number of nitrogens with zero attached hydrogens (tertiary/aromatic N) is 2. The second-order valence-corrected chi connectivity index (χ2v) is 9.88. The van der Waals surface area contributed by atoms with E-state index in [4.69, 9.17) is 11.6 Å². The summed E-state index contributed by atoms with van der Waals surface area (Å²) >= 11 is 7.13. The van der Waals surface area contributed by atoms with Crippen molar-refractivity contribution >= 4 is 38.9 Å². The number of halogens is 4. The van der Waals surface area contributed by atoms with Crippen LogP contribution in [0.15, 0.2) is 40.6 Å². The molecule has 0 N–H and O–H groups in total. The Bertz CT molecular complexity index is 971. The van der Waals surface area contributed by atoms with E-state index in [1.807, 2.05) is 17.5 Å². The van der Waals surface area contributed by atoms with E-state index in [-0.39, 0.29) is 32.1 Å². The highest BCUT2D eigenvalue weighted by Gasteiger charge is 2.36. The number of carbonyl (C=O) groups is 1. The van der Waals surface area contributed by atoms with Crippen LogP contribution >= 0.6 is 22.9 Å². The molecule has 0 spiro atoms. The zero-order valence-corrected chi connectivity index (χ0v) is 17.5. The molecule has 0 atom stereocenters. The van der Waals surface area contributed by atoms with Gasteiger partial charge in [-0.2, -0.15) is 17.5 Å². The molecular weight excluding hydrogens is 449 g/mol. The summed E-state index contributed by atoms with van der Waals surface area (Å²) in [5.74, 6) is -0.0682. The number of sulfonamides is 1. The van der Waals surface area contributed by atoms with Crippen LogP contribution in [-0.2, 0) is 27.4 Å². The van der Waals surface area contributed by atoms with Gasteiger partial charge in [-0.05, 0) is 36.1 Å². The number of alkyl halides is 3. The summed E-state index contributed by atoms with van der Waals surface area (Å²) in [4.78, 5) is 14.6. The van der Waals surface area contributed by atoms with Crippen LogP contribution in [0.2, 0.25) is 5.02 Å². The molecule has 0 aliphatic carbocycles. The summed E-state index contributed by atoms with van der Waals surface area (Å²) in [5, 5.41) is 1.38. The standard InChI is InChI=1S/C18H18ClF3N2O3S2/c19-16-5-4-14(12-15(16)18(20,21)22)29(26,27)24-9-7-23(8-10-24)17(25)6-3-13-2-1-11-28-13/h1-2,4-5,11-12H,3,6-10H2. The highest BCUT2D eigenvalue weighted by atomic mass is 35.5. The Morgan fingerprint density at radius 1 is 1.14 bits per heavy atom. The van der Waals surface area contributed by atoms with Crippen molar-refractivity contribution in [1.82, 2.24) is 9.21 Å². The Hall–Kier alpha value is -1.62. The lowest BCUT2D eigenvalue weighted by atomic mass is 10.2. The van der Waals surface area contributed by atoms with E-state index in [0.717, 1.165) is 21.3 Å². The highest BCUT2D eigenvalue weighted by molar-refractivity contribution is 7.89. The van der Waals surface area contributed by atoms with E-state index in [2.05, 4.69) is 0 Å². The third-order valence-corrected chi connectivity index (χ3v) is 7.80. The van der Waals surface area contributed by atoms with Gasteiger partial charge in [0.05, 0.1) is 15.5 Å². The van der Waals surface area contributed by atoms with Crippen LogP contribution in [0.25, 0.3) is 0 Å². The van der Waals surface area contributed by atoms with Crippen LogP contribution in [0, 0.1) is 0 Å². The lowest BCUT2D eigenvalue weighted by Gasteiger charge is -2.34. The van der Waals surface area contributed by atoms with Gasteiger partial charge in [-0.15, -0.1) is 11.3 Å². The van der Waals surface area contributed by atoms with Crippen LogP contribution in [-0.4, -0.2) is 49.7 Å². The summed E-state index contributed by atoms with van der Waals surface area (Å²) in [7, 11) is -4.12. The topological polar surface area (TPSA) is 57.7 Å². The number of amides is 1. The van der Waals surface area contributed by atoms with Crippen LogP contribution in [0.3, 0.4) is 0 Å². The van der Waals surface area contributed by atoms with Crippen molar-refractivity contribution in [3.8, 4) is 0 Å². The van der Waals surface area contributed by atoms with Crippen LogP contribution in [0.1, 0.15) is 16.9 Å². The van der Waals surface area contributed by atoms with Gasteiger partial charge in [0, 0.05) is 37.5 Å². The fraction of sp³-hybridized carbons (Fsp3) is 0.389. The van der Waals surface area contributed by atoms with Crippen molar-refractivity contribution in [2.75, 3.05) is 26.2 Å². The van der Waals surface area contributed by atoms with E-state index in [1.165, 1.54) is 0 Å². The number of piperazine rings is 1. The minimum atomic E-state index is -4.75. The number of thiophene rings is 1. The average Bonchev–Trinajstić information content (AvgIpc) is 3.19. The first kappa shape index (κ1) is 22.1. The van der Waals surface area contributed by atoms with Crippen LogP contribution < -0.4 is 0 Å². The molecule has 3 rings (SSSR count). The summed E-state index contributed by atoms with van der Waals surface area (Å²) in [6.07, 6.45) is -3.80. The van der Waals surface area contributed by atoms with E-state index in [0.29, 0.717) is 18.9 Å². The van der Waals surface area contributed by atoms with Crippen molar-refractivity contribution < 1.29 is 26.4 Å². The molecule has 0 radical (unpaired) electrons. The number of rotatable bonds is 5. The van der Waals surface area contributed by atoms with Gasteiger partial charge in [0.15, 0.2) is 0 Å². The molecule has 1 aromatic heterocycles. The van der Waals surface area contributed by atoms with Crippen molar-refractivity contribution in [1.29, 1.82) is 0 Å². The van der Waals surface area contributed by atoms with Gasteiger partial charge in [-0.3, -0.25) is 4.79 Å². The number of hydrogen-bond donors (Lipinski definition) is 0. The molecule has 1 amide bonds. The first-order chi connectivity index (χ1) is 13.6. The Balaban J connectivity index is 1.64. The van der Waals surface area contributed by atoms with E-state index >= 15 is 0 Å². The molecule has 1 aromatic carbocycles. The summed E-state index contributed by atoms with van der Waals surface area (Å²) in [5.41, 5.74) is -1.19. The molecule has 1 fully saturated rings. The Kier molecular flexibility index (Phi) is 6.57. The lowest BCUT2D eigenvalue weighted by molar-refractivity contribution is -0.137. The Labute approximate surface area is 175 Å². The predicted molar refractivity (Wildman–Crippen MR) is 104 cm³/mol. The fourth-order valence-corrected chi connectivity index (χ4v) is 5.43. The number of hydrogen-bond acceptors (Lipinski definition) is 4. The molecule has 0 saturated carbocycles. The van der Waals surface area contributed by atoms with Crippen LogP contribution in [0.4, 0.5) is 13.2 Å². The predicted octanol–water partition coefficient (Wildman–Crippen LogP) is 3.89. The van der Waals surface area contributed by atoms with Crippen molar-refractivity contribution in [2.45, 2.75) is 23.9 Å². The number of carbonyl (C=O) groups excluding carboxylic acids is 1. The Morgan fingerprint density at radius 2 is 1.83 bits per heavy atom. The first-order valence-corrected chi connectivity index (χ1v) is 11.5. The minimum Gasteiger partial charge on any atom is -0.340 e. The maximum Gasteiger partial charge on any atom is 0.417 e. The largest absolute Gasteiger partial charge is 0.417 e. The van der Waals surface area contributed by atoms with Crippen molar-refractivity contribution in [3.05, 3.63) is 51.2 Å². The maximum atomic E-state index is 13.0. The van der Waals surface area contributed by atoms with Gasteiger partial charge in [0.1, 0.15) is 0 Å². The minimum absolute atomic E-state index is 0.0249. The fourth-order valence-electron chi connectivity index (χ4n) is 3.05. The van der Waals surface area contributed by atoms with E-state index in [9.17, 15) is 26.4 Å². The molecule has 1 aliphatic heterocycles. The molecule has 158 valence electrons. The molecule has 11 heteroatoms. The third-order valence-electron chi connectivity index (χ3n) is 4.64. The molecule has 1 aliphatic rings. The molecule has 2 heterocycles. The number of aryl methyl sites for hydroxylation is 1.